The highest BCUT2D eigenvalue weighted by atomic mass is 16.7. The first-order valence-corrected chi connectivity index (χ1v) is 4.66. The van der Waals surface area contributed by atoms with Crippen LogP contribution >= 0.6 is 0 Å². The van der Waals surface area contributed by atoms with Crippen LogP contribution in [0.15, 0.2) is 0 Å². The summed E-state index contributed by atoms with van der Waals surface area (Å²) in [5.41, 5.74) is 2.02. The predicted molar refractivity (Wildman–Crippen MR) is 48.9 cm³/mol. The first kappa shape index (κ1) is 11.7. The lowest BCUT2D eigenvalue weighted by molar-refractivity contribution is -0.144. The van der Waals surface area contributed by atoms with E-state index in [4.69, 9.17) is 10.2 Å². The van der Waals surface area contributed by atoms with Gasteiger partial charge in [-0.3, -0.25) is 4.84 Å². The summed E-state index contributed by atoms with van der Waals surface area (Å²) in [6.45, 7) is -0.473. The molecule has 0 spiro atoms. The number of hydrogen-bond acceptors (Lipinski definition) is 4. The normalized spacial score (nSPS) is 14.7. The first-order valence-electron chi connectivity index (χ1n) is 4.66. The third-order valence-electron chi connectivity index (χ3n) is 1.94. The lowest BCUT2D eigenvalue weighted by atomic mass is 10.5. The van der Waals surface area contributed by atoms with E-state index in [1.165, 1.54) is 4.90 Å². The Kier molecular flexibility index (Phi) is 4.32. The molecule has 1 aliphatic rings. The van der Waals surface area contributed by atoms with Gasteiger partial charge in [0.15, 0.2) is 6.61 Å². The van der Waals surface area contributed by atoms with Crippen LogP contribution in [0.1, 0.15) is 12.8 Å². The van der Waals surface area contributed by atoms with Crippen LogP contribution in [0.25, 0.3) is 0 Å². The van der Waals surface area contributed by atoms with Gasteiger partial charge in [0.05, 0.1) is 6.61 Å². The van der Waals surface area contributed by atoms with Crippen LogP contribution in [-0.2, 0) is 9.63 Å². The second-order valence-electron chi connectivity index (χ2n) is 3.24. The Bertz CT molecular complexity index is 241. The fraction of sp³-hybridized carbons (Fsp3) is 0.750. The Hall–Kier alpha value is -1.34. The number of nitrogens with one attached hydrogen (secondary N) is 1. The van der Waals surface area contributed by atoms with Crippen LogP contribution in [-0.4, -0.2) is 52.9 Å². The highest BCUT2D eigenvalue weighted by molar-refractivity contribution is 5.74. The molecule has 0 heterocycles. The molecule has 86 valence electrons. The van der Waals surface area contributed by atoms with Gasteiger partial charge in [0.2, 0.25) is 0 Å². The molecule has 0 aromatic carbocycles. The number of carboxylic acid groups (broad SMARTS) is 1. The van der Waals surface area contributed by atoms with Crippen LogP contribution in [0.2, 0.25) is 0 Å². The van der Waals surface area contributed by atoms with Gasteiger partial charge in [-0.05, 0) is 12.8 Å². The standard InChI is InChI=1S/C8H14N2O5/c11-4-3-10(6-1-2-6)8(14)9-15-5-7(12)13/h6,11H,1-5H2,(H,9,14)(H,12,13). The Morgan fingerprint density at radius 2 is 2.13 bits per heavy atom. The van der Waals surface area contributed by atoms with E-state index in [2.05, 4.69) is 4.84 Å². The zero-order valence-electron chi connectivity index (χ0n) is 8.18. The molecule has 7 heteroatoms. The molecule has 0 aliphatic heterocycles. The van der Waals surface area contributed by atoms with Crippen LogP contribution in [0, 0.1) is 0 Å². The van der Waals surface area contributed by atoms with E-state index in [9.17, 15) is 9.59 Å². The predicted octanol–water partition coefficient (Wildman–Crippen LogP) is -0.831. The molecular weight excluding hydrogens is 204 g/mol. The number of urea groups is 1. The SMILES string of the molecule is O=C(O)CONC(=O)N(CCO)C1CC1. The maximum Gasteiger partial charge on any atom is 0.341 e. The summed E-state index contributed by atoms with van der Waals surface area (Å²) in [4.78, 5) is 27.3. The topological polar surface area (TPSA) is 99.1 Å². The van der Waals surface area contributed by atoms with Crippen molar-refractivity contribution in [3.63, 3.8) is 0 Å². The molecule has 2 amide bonds. The maximum absolute atomic E-state index is 11.4. The van der Waals surface area contributed by atoms with Gasteiger partial charge in [0.25, 0.3) is 0 Å². The minimum absolute atomic E-state index is 0.122. The summed E-state index contributed by atoms with van der Waals surface area (Å²) < 4.78 is 0. The average Bonchev–Trinajstić information content (AvgIpc) is 2.96. The lowest BCUT2D eigenvalue weighted by Gasteiger charge is -2.20. The Labute approximate surface area is 86.6 Å². The molecule has 0 atom stereocenters. The number of hydrogen-bond donors (Lipinski definition) is 3. The van der Waals surface area contributed by atoms with Crippen molar-refractivity contribution >= 4 is 12.0 Å². The van der Waals surface area contributed by atoms with E-state index >= 15 is 0 Å². The van der Waals surface area contributed by atoms with E-state index in [-0.39, 0.29) is 19.2 Å². The number of hydroxylamine groups is 1. The summed E-state index contributed by atoms with van der Waals surface area (Å²) in [7, 11) is 0. The minimum Gasteiger partial charge on any atom is -0.479 e. The molecular formula is C8H14N2O5. The molecule has 7 nitrogen and oxygen atoms in total. The number of nitrogens with zero attached hydrogens (tertiary/aromatic N) is 1. The molecule has 1 aliphatic carbocycles. The Morgan fingerprint density at radius 1 is 1.47 bits per heavy atom. The number of aliphatic hydroxyl groups excluding tert-OH is 1. The molecule has 0 bridgehead atoms. The number of carboxylic acids is 1. The van der Waals surface area contributed by atoms with E-state index in [1.54, 1.807) is 0 Å². The number of aliphatic hydroxyl groups is 1. The largest absolute Gasteiger partial charge is 0.479 e. The van der Waals surface area contributed by atoms with Crippen molar-refractivity contribution < 1.29 is 24.6 Å². The van der Waals surface area contributed by atoms with Gasteiger partial charge in [-0.1, -0.05) is 0 Å². The van der Waals surface area contributed by atoms with Crippen molar-refractivity contribution in [2.45, 2.75) is 18.9 Å². The third kappa shape index (κ3) is 4.13. The van der Waals surface area contributed by atoms with Gasteiger partial charge in [-0.15, -0.1) is 0 Å². The highest BCUT2D eigenvalue weighted by Crippen LogP contribution is 2.26. The summed E-state index contributed by atoms with van der Waals surface area (Å²) in [6, 6.07) is -0.363. The van der Waals surface area contributed by atoms with Gasteiger partial charge in [-0.25, -0.2) is 15.1 Å². The van der Waals surface area contributed by atoms with Gasteiger partial charge >= 0.3 is 12.0 Å². The van der Waals surface area contributed by atoms with Crippen molar-refractivity contribution in [3.8, 4) is 0 Å². The van der Waals surface area contributed by atoms with Gasteiger partial charge in [-0.2, -0.15) is 0 Å². The molecule has 0 aromatic heterocycles. The Balaban J connectivity index is 2.25. The summed E-state index contributed by atoms with van der Waals surface area (Å²) in [5, 5.41) is 17.0. The number of carbonyl (C=O) groups excluding carboxylic acids is 1. The summed E-state index contributed by atoms with van der Waals surface area (Å²) in [6.07, 6.45) is 1.82. The number of carbonyl (C=O) groups is 2. The lowest BCUT2D eigenvalue weighted by Crippen LogP contribution is -2.43. The molecule has 15 heavy (non-hydrogen) atoms. The van der Waals surface area contributed by atoms with E-state index in [0.717, 1.165) is 12.8 Å². The Morgan fingerprint density at radius 3 is 2.60 bits per heavy atom. The maximum atomic E-state index is 11.4. The summed E-state index contributed by atoms with van der Waals surface area (Å²) in [5.74, 6) is -1.16. The fourth-order valence-corrected chi connectivity index (χ4v) is 1.16. The van der Waals surface area contributed by atoms with E-state index in [0.29, 0.717) is 0 Å². The first-order chi connectivity index (χ1) is 7.15. The fourth-order valence-electron chi connectivity index (χ4n) is 1.16. The molecule has 0 radical (unpaired) electrons. The summed E-state index contributed by atoms with van der Waals surface area (Å²) >= 11 is 0. The zero-order valence-corrected chi connectivity index (χ0v) is 8.18. The monoisotopic (exact) mass is 218 g/mol. The van der Waals surface area contributed by atoms with E-state index < -0.39 is 18.6 Å². The van der Waals surface area contributed by atoms with E-state index in [1.807, 2.05) is 5.48 Å². The molecule has 1 saturated carbocycles. The van der Waals surface area contributed by atoms with Gasteiger partial charge < -0.3 is 15.1 Å². The number of amides is 2. The molecule has 0 aromatic rings. The molecule has 3 N–H and O–H groups in total. The molecule has 1 rings (SSSR count). The van der Waals surface area contributed by atoms with Gasteiger partial charge in [0, 0.05) is 12.6 Å². The quantitative estimate of drug-likeness (QED) is 0.505. The second-order valence-corrected chi connectivity index (χ2v) is 3.24. The smallest absolute Gasteiger partial charge is 0.341 e. The van der Waals surface area contributed by atoms with Crippen molar-refractivity contribution in [1.29, 1.82) is 0 Å². The van der Waals surface area contributed by atoms with Crippen LogP contribution < -0.4 is 5.48 Å². The minimum atomic E-state index is -1.16. The molecule has 0 saturated heterocycles. The van der Waals surface area contributed by atoms with Crippen LogP contribution in [0.3, 0.4) is 0 Å². The average molecular weight is 218 g/mol. The molecule has 1 fully saturated rings. The number of rotatable bonds is 6. The van der Waals surface area contributed by atoms with Gasteiger partial charge in [0.1, 0.15) is 0 Å². The zero-order chi connectivity index (χ0) is 11.3. The van der Waals surface area contributed by atoms with Crippen LogP contribution in [0.5, 0.6) is 0 Å². The molecule has 0 unspecified atom stereocenters. The van der Waals surface area contributed by atoms with Crippen molar-refractivity contribution in [2.24, 2.45) is 0 Å². The number of aliphatic carboxylic acids is 1. The highest BCUT2D eigenvalue weighted by Gasteiger charge is 2.32. The van der Waals surface area contributed by atoms with Crippen molar-refractivity contribution in [1.82, 2.24) is 10.4 Å². The second kappa shape index (κ2) is 5.52. The van der Waals surface area contributed by atoms with Crippen LogP contribution in [0.4, 0.5) is 4.79 Å². The third-order valence-corrected chi connectivity index (χ3v) is 1.94. The van der Waals surface area contributed by atoms with Crippen molar-refractivity contribution in [2.75, 3.05) is 19.8 Å². The van der Waals surface area contributed by atoms with Crippen molar-refractivity contribution in [3.05, 3.63) is 0 Å².